The van der Waals surface area contributed by atoms with Crippen LogP contribution < -0.4 is 15.8 Å². The van der Waals surface area contributed by atoms with Crippen molar-refractivity contribution < 1.29 is 32.0 Å². The van der Waals surface area contributed by atoms with Crippen molar-refractivity contribution in [3.63, 3.8) is 0 Å². The van der Waals surface area contributed by atoms with Gasteiger partial charge in [-0.25, -0.2) is 17.9 Å². The number of rotatable bonds is 6. The van der Waals surface area contributed by atoms with Crippen LogP contribution in [0.1, 0.15) is 0 Å². The molecule has 0 spiro atoms. The van der Waals surface area contributed by atoms with Gasteiger partial charge in [0, 0.05) is 17.5 Å². The number of thioether (sulfide) groups is 1. The Labute approximate surface area is 185 Å². The SMILES string of the molecule is NS(=O)(=O)c1ccc(NC(=O)CN2C(=O)SC(=CC(=O)Nc3ccc(F)cc3)C2=O)cc1. The third-order valence-corrected chi connectivity index (χ3v) is 5.85. The Morgan fingerprint density at radius 2 is 1.56 bits per heavy atom. The standard InChI is InChI=1S/C19H15FN4O6S2/c20-11-1-3-12(4-2-11)22-16(25)9-15-18(27)24(19(28)31-15)10-17(26)23-13-5-7-14(8-6-13)32(21,29)30/h1-9H,10H2,(H,22,25)(H,23,26)(H2,21,29,30). The molecule has 0 aromatic heterocycles. The monoisotopic (exact) mass is 478 g/mol. The van der Waals surface area contributed by atoms with E-state index in [0.29, 0.717) is 22.3 Å². The molecule has 2 aromatic carbocycles. The maximum absolute atomic E-state index is 12.9. The van der Waals surface area contributed by atoms with Crippen molar-refractivity contribution in [3.8, 4) is 0 Å². The van der Waals surface area contributed by atoms with Crippen LogP contribution in [0.2, 0.25) is 0 Å². The highest BCUT2D eigenvalue weighted by Crippen LogP contribution is 2.30. The maximum atomic E-state index is 12.9. The van der Waals surface area contributed by atoms with Crippen LogP contribution in [0.4, 0.5) is 20.6 Å². The average molecular weight is 478 g/mol. The molecule has 4 amide bonds. The molecule has 0 unspecified atom stereocenters. The van der Waals surface area contributed by atoms with Gasteiger partial charge >= 0.3 is 0 Å². The zero-order valence-electron chi connectivity index (χ0n) is 16.1. The fraction of sp³-hybridized carbons (Fsp3) is 0.0526. The van der Waals surface area contributed by atoms with Crippen LogP contribution in [0.5, 0.6) is 0 Å². The predicted octanol–water partition coefficient (Wildman–Crippen LogP) is 1.63. The lowest BCUT2D eigenvalue weighted by atomic mass is 10.3. The zero-order valence-corrected chi connectivity index (χ0v) is 17.7. The first kappa shape index (κ1) is 23.1. The quantitative estimate of drug-likeness (QED) is 0.533. The Morgan fingerprint density at radius 3 is 2.16 bits per heavy atom. The lowest BCUT2D eigenvalue weighted by Crippen LogP contribution is -2.36. The van der Waals surface area contributed by atoms with E-state index in [-0.39, 0.29) is 15.5 Å². The second-order valence-electron chi connectivity index (χ2n) is 6.38. The summed E-state index contributed by atoms with van der Waals surface area (Å²) in [7, 11) is -3.89. The summed E-state index contributed by atoms with van der Waals surface area (Å²) < 4.78 is 35.4. The van der Waals surface area contributed by atoms with E-state index in [4.69, 9.17) is 5.14 Å². The van der Waals surface area contributed by atoms with E-state index in [1.807, 2.05) is 0 Å². The first-order valence-electron chi connectivity index (χ1n) is 8.77. The van der Waals surface area contributed by atoms with Gasteiger partial charge in [0.2, 0.25) is 21.8 Å². The van der Waals surface area contributed by atoms with Crippen LogP contribution in [0.25, 0.3) is 0 Å². The van der Waals surface area contributed by atoms with Gasteiger partial charge in [-0.2, -0.15) is 0 Å². The minimum Gasteiger partial charge on any atom is -0.325 e. The third-order valence-electron chi connectivity index (χ3n) is 4.02. The van der Waals surface area contributed by atoms with Gasteiger partial charge in [-0.1, -0.05) is 0 Å². The number of hydrogen-bond acceptors (Lipinski definition) is 7. The molecule has 0 aliphatic carbocycles. The highest BCUT2D eigenvalue weighted by atomic mass is 32.2. The first-order chi connectivity index (χ1) is 15.0. The van der Waals surface area contributed by atoms with Crippen molar-refractivity contribution in [1.82, 2.24) is 4.90 Å². The summed E-state index contributed by atoms with van der Waals surface area (Å²) in [4.78, 5) is 49.1. The number of benzene rings is 2. The van der Waals surface area contributed by atoms with Crippen LogP contribution in [0.15, 0.2) is 64.4 Å². The first-order valence-corrected chi connectivity index (χ1v) is 11.1. The summed E-state index contributed by atoms with van der Waals surface area (Å²) in [6.07, 6.45) is 0.915. The molecule has 3 rings (SSSR count). The van der Waals surface area contributed by atoms with E-state index in [1.165, 1.54) is 36.4 Å². The minimum absolute atomic E-state index is 0.148. The number of hydrogen-bond donors (Lipinski definition) is 3. The molecule has 2 aromatic rings. The number of primary sulfonamides is 1. The second kappa shape index (κ2) is 9.30. The molecule has 4 N–H and O–H groups in total. The molecule has 0 saturated carbocycles. The van der Waals surface area contributed by atoms with Crippen molar-refractivity contribution in [2.75, 3.05) is 17.2 Å². The van der Waals surface area contributed by atoms with Crippen molar-refractivity contribution in [2.45, 2.75) is 4.90 Å². The van der Waals surface area contributed by atoms with Crippen molar-refractivity contribution in [2.24, 2.45) is 5.14 Å². The van der Waals surface area contributed by atoms with Crippen LogP contribution in [-0.2, 0) is 24.4 Å². The molecule has 0 atom stereocenters. The molecule has 1 heterocycles. The van der Waals surface area contributed by atoms with E-state index in [9.17, 15) is 32.0 Å². The number of carbonyl (C=O) groups is 4. The molecule has 1 saturated heterocycles. The molecule has 0 bridgehead atoms. The van der Waals surface area contributed by atoms with Crippen LogP contribution in [0, 0.1) is 5.82 Å². The Kier molecular flexibility index (Phi) is 6.72. The number of halogens is 1. The van der Waals surface area contributed by atoms with E-state index in [0.717, 1.165) is 18.2 Å². The summed E-state index contributed by atoms with van der Waals surface area (Å²) in [6.45, 7) is -0.613. The van der Waals surface area contributed by atoms with Gasteiger partial charge in [-0.15, -0.1) is 0 Å². The molecule has 1 aliphatic rings. The molecule has 13 heteroatoms. The Balaban J connectivity index is 1.61. The van der Waals surface area contributed by atoms with Gasteiger partial charge in [0.25, 0.3) is 11.1 Å². The molecule has 1 aliphatic heterocycles. The molecular weight excluding hydrogens is 463 g/mol. The summed E-state index contributed by atoms with van der Waals surface area (Å²) in [5.74, 6) is -2.73. The number of sulfonamides is 1. The smallest absolute Gasteiger partial charge is 0.294 e. The lowest BCUT2D eigenvalue weighted by molar-refractivity contribution is -0.127. The molecule has 1 fully saturated rings. The second-order valence-corrected chi connectivity index (χ2v) is 8.94. The number of imide groups is 1. The van der Waals surface area contributed by atoms with Crippen LogP contribution >= 0.6 is 11.8 Å². The zero-order chi connectivity index (χ0) is 23.5. The number of anilines is 2. The van der Waals surface area contributed by atoms with Crippen molar-refractivity contribution in [3.05, 3.63) is 65.3 Å². The molecule has 0 radical (unpaired) electrons. The van der Waals surface area contributed by atoms with E-state index >= 15 is 0 Å². The largest absolute Gasteiger partial charge is 0.325 e. The Hall–Kier alpha value is -3.55. The summed E-state index contributed by atoms with van der Waals surface area (Å²) in [5.41, 5.74) is 0.517. The van der Waals surface area contributed by atoms with Gasteiger partial charge in [0.1, 0.15) is 12.4 Å². The van der Waals surface area contributed by atoms with Gasteiger partial charge < -0.3 is 10.6 Å². The van der Waals surface area contributed by atoms with Gasteiger partial charge in [0.15, 0.2) is 0 Å². The fourth-order valence-corrected chi connectivity index (χ4v) is 3.86. The summed E-state index contributed by atoms with van der Waals surface area (Å²) in [6, 6.07) is 9.91. The molecule has 32 heavy (non-hydrogen) atoms. The van der Waals surface area contributed by atoms with E-state index in [2.05, 4.69) is 10.6 Å². The van der Waals surface area contributed by atoms with Crippen molar-refractivity contribution in [1.29, 1.82) is 0 Å². The molecular formula is C19H15FN4O6S2. The van der Waals surface area contributed by atoms with Crippen LogP contribution in [-0.4, -0.2) is 42.8 Å². The number of nitrogens with one attached hydrogen (secondary N) is 2. The topological polar surface area (TPSA) is 156 Å². The van der Waals surface area contributed by atoms with Crippen molar-refractivity contribution >= 4 is 56.1 Å². The maximum Gasteiger partial charge on any atom is 0.294 e. The lowest BCUT2D eigenvalue weighted by Gasteiger charge is -2.12. The summed E-state index contributed by atoms with van der Waals surface area (Å²) >= 11 is 0.493. The fourth-order valence-electron chi connectivity index (χ4n) is 2.54. The highest BCUT2D eigenvalue weighted by molar-refractivity contribution is 8.18. The summed E-state index contributed by atoms with van der Waals surface area (Å²) in [5, 5.41) is 9.10. The predicted molar refractivity (Wildman–Crippen MR) is 114 cm³/mol. The number of amides is 4. The van der Waals surface area contributed by atoms with Gasteiger partial charge in [-0.05, 0) is 60.3 Å². The van der Waals surface area contributed by atoms with E-state index in [1.54, 1.807) is 0 Å². The number of nitrogens with zero attached hydrogens (tertiary/aromatic N) is 1. The molecule has 10 nitrogen and oxygen atoms in total. The van der Waals surface area contributed by atoms with Gasteiger partial charge in [-0.3, -0.25) is 24.1 Å². The Morgan fingerprint density at radius 1 is 1.00 bits per heavy atom. The van der Waals surface area contributed by atoms with E-state index < -0.39 is 45.3 Å². The van der Waals surface area contributed by atoms with Crippen LogP contribution in [0.3, 0.4) is 0 Å². The molecule has 166 valence electrons. The number of carbonyl (C=O) groups excluding carboxylic acids is 4. The normalized spacial score (nSPS) is 15.2. The Bertz CT molecular complexity index is 1230. The third kappa shape index (κ3) is 5.78. The number of nitrogens with two attached hydrogens (primary N) is 1. The van der Waals surface area contributed by atoms with Gasteiger partial charge in [0.05, 0.1) is 9.80 Å². The highest BCUT2D eigenvalue weighted by Gasteiger charge is 2.36. The average Bonchev–Trinajstić information content (AvgIpc) is 2.96. The minimum atomic E-state index is -3.89.